The normalized spacial score (nSPS) is 17.6. The summed E-state index contributed by atoms with van der Waals surface area (Å²) in [6.45, 7) is 0.205. The molecule has 35 heavy (non-hydrogen) atoms. The Morgan fingerprint density at radius 3 is 2.63 bits per heavy atom. The molecule has 7 nitrogen and oxygen atoms in total. The highest BCUT2D eigenvalue weighted by Gasteiger charge is 2.41. The Balaban J connectivity index is 1.76. The molecule has 0 radical (unpaired) electrons. The van der Waals surface area contributed by atoms with E-state index in [4.69, 9.17) is 47.9 Å². The lowest BCUT2D eigenvalue weighted by Gasteiger charge is -2.32. The average molecular weight is 583 g/mol. The van der Waals surface area contributed by atoms with Gasteiger partial charge in [0.1, 0.15) is 17.9 Å². The van der Waals surface area contributed by atoms with E-state index in [0.717, 1.165) is 5.56 Å². The predicted octanol–water partition coefficient (Wildman–Crippen LogP) is 5.81. The summed E-state index contributed by atoms with van der Waals surface area (Å²) in [6, 6.07) is 8.71. The molecule has 0 amide bonds. The van der Waals surface area contributed by atoms with Gasteiger partial charge in [0.05, 0.1) is 34.7 Å². The number of rotatable bonds is 6. The van der Waals surface area contributed by atoms with Gasteiger partial charge in [-0.1, -0.05) is 29.3 Å². The first-order valence-corrected chi connectivity index (χ1v) is 12.3. The van der Waals surface area contributed by atoms with Crippen LogP contribution < -0.4 is 15.2 Å². The summed E-state index contributed by atoms with van der Waals surface area (Å²) in [5.41, 5.74) is 8.02. The largest absolute Gasteiger partial charge is 0.493 e. The molecule has 0 aromatic heterocycles. The minimum absolute atomic E-state index is 0.0694. The quantitative estimate of drug-likeness (QED) is 0.429. The molecule has 0 saturated carbocycles. The highest BCUT2D eigenvalue weighted by atomic mass is 79.9. The number of ether oxygens (including phenoxy) is 4. The lowest BCUT2D eigenvalue weighted by Crippen LogP contribution is -2.31. The Morgan fingerprint density at radius 2 is 1.94 bits per heavy atom. The number of Topliss-reactive ketones (excluding diaryl/α,β-unsaturated/α-hetero) is 1. The van der Waals surface area contributed by atoms with E-state index in [1.54, 1.807) is 24.3 Å². The zero-order chi connectivity index (χ0) is 25.3. The van der Waals surface area contributed by atoms with E-state index in [1.807, 2.05) is 6.07 Å². The second kappa shape index (κ2) is 10.5. The second-order valence-corrected chi connectivity index (χ2v) is 9.66. The van der Waals surface area contributed by atoms with Crippen LogP contribution in [0.1, 0.15) is 36.3 Å². The highest BCUT2D eigenvalue weighted by molar-refractivity contribution is 9.10. The van der Waals surface area contributed by atoms with Crippen molar-refractivity contribution in [2.75, 3.05) is 14.2 Å². The minimum Gasteiger partial charge on any atom is -0.493 e. The zero-order valence-electron chi connectivity index (χ0n) is 19.0. The summed E-state index contributed by atoms with van der Waals surface area (Å²) in [4.78, 5) is 25.6. The maximum Gasteiger partial charge on any atom is 0.340 e. The number of halogens is 3. The highest BCUT2D eigenvalue weighted by Crippen LogP contribution is 2.47. The van der Waals surface area contributed by atoms with E-state index in [1.165, 1.54) is 14.2 Å². The number of allylic oxidation sites excluding steroid dienone is 2. The van der Waals surface area contributed by atoms with Crippen LogP contribution in [0.5, 0.6) is 11.5 Å². The molecule has 1 aliphatic heterocycles. The monoisotopic (exact) mass is 581 g/mol. The van der Waals surface area contributed by atoms with Crippen molar-refractivity contribution in [1.29, 1.82) is 0 Å². The van der Waals surface area contributed by atoms with Gasteiger partial charge in [0.2, 0.25) is 5.88 Å². The number of carbonyl (C=O) groups is 2. The van der Waals surface area contributed by atoms with Crippen molar-refractivity contribution in [3.8, 4) is 11.5 Å². The minimum atomic E-state index is -0.770. The van der Waals surface area contributed by atoms with Gasteiger partial charge in [-0.25, -0.2) is 4.79 Å². The molecule has 1 heterocycles. The summed E-state index contributed by atoms with van der Waals surface area (Å²) >= 11 is 15.6. The number of nitrogens with two attached hydrogens (primary N) is 1. The lowest BCUT2D eigenvalue weighted by atomic mass is 9.77. The topological polar surface area (TPSA) is 97.1 Å². The standard InChI is InChI=1S/C25H22BrCl2NO6/c1-32-19-10-13(9-14(26)23(19)34-11-12-6-7-15(27)16(28)8-12)20-21-17(30)4-3-5-18(21)35-24(29)22(20)25(31)33-2/h6-10,20H,3-5,11,29H2,1-2H3/t20-/m0/s1. The van der Waals surface area contributed by atoms with Crippen LogP contribution in [-0.2, 0) is 25.7 Å². The maximum absolute atomic E-state index is 13.0. The third-order valence-corrected chi connectivity index (χ3v) is 7.17. The average Bonchev–Trinajstić information content (AvgIpc) is 2.83. The molecule has 2 aliphatic rings. The van der Waals surface area contributed by atoms with Gasteiger partial charge in [-0.15, -0.1) is 0 Å². The van der Waals surface area contributed by atoms with Crippen molar-refractivity contribution < 1.29 is 28.5 Å². The number of carbonyl (C=O) groups excluding carboxylic acids is 2. The van der Waals surface area contributed by atoms with Crippen molar-refractivity contribution in [2.45, 2.75) is 31.8 Å². The number of benzene rings is 2. The Hall–Kier alpha value is -2.68. The van der Waals surface area contributed by atoms with Crippen LogP contribution >= 0.6 is 39.1 Å². The van der Waals surface area contributed by atoms with E-state index in [0.29, 0.717) is 62.2 Å². The van der Waals surface area contributed by atoms with E-state index < -0.39 is 11.9 Å². The van der Waals surface area contributed by atoms with Crippen LogP contribution in [0, 0.1) is 0 Å². The maximum atomic E-state index is 13.0. The Labute approximate surface area is 220 Å². The van der Waals surface area contributed by atoms with E-state index in [2.05, 4.69) is 15.9 Å². The number of hydrogen-bond acceptors (Lipinski definition) is 7. The van der Waals surface area contributed by atoms with Gasteiger partial charge in [-0.2, -0.15) is 0 Å². The van der Waals surface area contributed by atoms with Crippen LogP contribution in [0.25, 0.3) is 0 Å². The summed E-state index contributed by atoms with van der Waals surface area (Å²) in [6.07, 6.45) is 1.56. The molecule has 2 aromatic rings. The molecule has 184 valence electrons. The van der Waals surface area contributed by atoms with Gasteiger partial charge in [0, 0.05) is 18.4 Å². The molecular formula is C25H22BrCl2NO6. The Morgan fingerprint density at radius 1 is 1.17 bits per heavy atom. The Kier molecular flexibility index (Phi) is 7.64. The first-order valence-electron chi connectivity index (χ1n) is 10.7. The van der Waals surface area contributed by atoms with Crippen LogP contribution in [0.2, 0.25) is 10.0 Å². The van der Waals surface area contributed by atoms with Gasteiger partial charge >= 0.3 is 5.97 Å². The summed E-state index contributed by atoms with van der Waals surface area (Å²) < 4.78 is 22.8. The third-order valence-electron chi connectivity index (χ3n) is 5.84. The van der Waals surface area contributed by atoms with E-state index in [-0.39, 0.29) is 23.8 Å². The summed E-state index contributed by atoms with van der Waals surface area (Å²) in [7, 11) is 2.76. The van der Waals surface area contributed by atoms with Gasteiger partial charge in [0.25, 0.3) is 0 Å². The smallest absolute Gasteiger partial charge is 0.340 e. The molecule has 0 bridgehead atoms. The van der Waals surface area contributed by atoms with Crippen molar-refractivity contribution >= 4 is 50.9 Å². The molecule has 0 saturated heterocycles. The number of ketones is 1. The van der Waals surface area contributed by atoms with Crippen molar-refractivity contribution in [2.24, 2.45) is 5.73 Å². The predicted molar refractivity (Wildman–Crippen MR) is 134 cm³/mol. The first-order chi connectivity index (χ1) is 16.7. The molecule has 2 aromatic carbocycles. The zero-order valence-corrected chi connectivity index (χ0v) is 22.1. The van der Waals surface area contributed by atoms with Gasteiger partial charge in [0.15, 0.2) is 17.3 Å². The number of esters is 1. The third kappa shape index (κ3) is 5.01. The number of hydrogen-bond donors (Lipinski definition) is 1. The molecule has 10 heteroatoms. The van der Waals surface area contributed by atoms with Crippen molar-refractivity contribution in [3.05, 3.63) is 78.8 Å². The fourth-order valence-corrected chi connectivity index (χ4v) is 5.12. The molecule has 0 spiro atoms. The van der Waals surface area contributed by atoms with Gasteiger partial charge in [-0.3, -0.25) is 4.79 Å². The van der Waals surface area contributed by atoms with E-state index in [9.17, 15) is 9.59 Å². The van der Waals surface area contributed by atoms with E-state index >= 15 is 0 Å². The van der Waals surface area contributed by atoms with Crippen molar-refractivity contribution in [3.63, 3.8) is 0 Å². The number of methoxy groups -OCH3 is 2. The molecule has 1 atom stereocenters. The van der Waals surface area contributed by atoms with Crippen LogP contribution in [0.3, 0.4) is 0 Å². The fraction of sp³-hybridized carbons (Fsp3) is 0.280. The van der Waals surface area contributed by atoms with Gasteiger partial charge < -0.3 is 24.7 Å². The van der Waals surface area contributed by atoms with Crippen LogP contribution in [0.15, 0.2) is 57.6 Å². The second-order valence-electron chi connectivity index (χ2n) is 7.99. The molecule has 2 N–H and O–H groups in total. The molecule has 4 rings (SSSR count). The fourth-order valence-electron chi connectivity index (χ4n) is 4.23. The molecule has 1 aliphatic carbocycles. The first kappa shape index (κ1) is 25.4. The molecule has 0 fully saturated rings. The van der Waals surface area contributed by atoms with Crippen molar-refractivity contribution in [1.82, 2.24) is 0 Å². The SMILES string of the molecule is COC(=O)C1=C(N)OC2=C(C(=O)CCC2)[C@@H]1c1cc(Br)c(OCc2ccc(Cl)c(Cl)c2)c(OC)c1. The summed E-state index contributed by atoms with van der Waals surface area (Å²) in [5.74, 6) is -0.304. The molecular weight excluding hydrogens is 561 g/mol. The van der Waals surface area contributed by atoms with Crippen LogP contribution in [-0.4, -0.2) is 26.0 Å². The van der Waals surface area contributed by atoms with Gasteiger partial charge in [-0.05, 0) is 57.7 Å². The van der Waals surface area contributed by atoms with Crippen LogP contribution in [0.4, 0.5) is 0 Å². The lowest BCUT2D eigenvalue weighted by molar-refractivity contribution is -0.136. The molecule has 0 unspecified atom stereocenters. The summed E-state index contributed by atoms with van der Waals surface area (Å²) in [5, 5.41) is 0.879. The Bertz CT molecular complexity index is 1270.